The summed E-state index contributed by atoms with van der Waals surface area (Å²) in [5.74, 6) is -0.427. The first-order valence-electron chi connectivity index (χ1n) is 5.23. The molecule has 88 valence electrons. The van der Waals surface area contributed by atoms with Crippen molar-refractivity contribution in [2.45, 2.75) is 33.7 Å². The van der Waals surface area contributed by atoms with E-state index in [-0.39, 0.29) is 17.6 Å². The van der Waals surface area contributed by atoms with Crippen LogP contribution < -0.4 is 0 Å². The molecule has 1 unspecified atom stereocenters. The summed E-state index contributed by atoms with van der Waals surface area (Å²) in [5.41, 5.74) is 0. The molecule has 1 N–H and O–H groups in total. The molecule has 0 saturated carbocycles. The summed E-state index contributed by atoms with van der Waals surface area (Å²) in [4.78, 5) is 24.5. The number of carbonyl (C=O) groups is 2. The summed E-state index contributed by atoms with van der Waals surface area (Å²) in [6.07, 6.45) is 0. The molecular weight excluding hydrogens is 194 g/mol. The molecule has 0 heterocycles. The van der Waals surface area contributed by atoms with Gasteiger partial charge in [-0.2, -0.15) is 0 Å². The molecule has 0 fully saturated rings. The second kappa shape index (κ2) is 5.85. The fourth-order valence-corrected chi connectivity index (χ4v) is 1.57. The highest BCUT2D eigenvalue weighted by Gasteiger charge is 2.30. The average molecular weight is 215 g/mol. The molecule has 1 amide bonds. The molecule has 0 aromatic carbocycles. The van der Waals surface area contributed by atoms with Gasteiger partial charge in [-0.05, 0) is 5.92 Å². The van der Waals surface area contributed by atoms with Gasteiger partial charge in [0.25, 0.3) is 0 Å². The molecule has 0 aromatic rings. The third kappa shape index (κ3) is 3.63. The standard InChI is InChI=1S/C11H21NO3/c1-7(2)10(11(15)8(3)4)12(5)9(14)6-13/h7-8,10,13H,6H2,1-5H3. The van der Waals surface area contributed by atoms with Crippen LogP contribution in [0.3, 0.4) is 0 Å². The Morgan fingerprint density at radius 1 is 1.20 bits per heavy atom. The van der Waals surface area contributed by atoms with E-state index in [1.807, 2.05) is 27.7 Å². The Kier molecular flexibility index (Phi) is 5.50. The Labute approximate surface area is 91.3 Å². The van der Waals surface area contributed by atoms with Crippen LogP contribution in [0.5, 0.6) is 0 Å². The molecule has 0 radical (unpaired) electrons. The Morgan fingerprint density at radius 3 is 1.93 bits per heavy atom. The van der Waals surface area contributed by atoms with E-state index >= 15 is 0 Å². The summed E-state index contributed by atoms with van der Waals surface area (Å²) in [7, 11) is 1.56. The van der Waals surface area contributed by atoms with E-state index in [0.29, 0.717) is 0 Å². The monoisotopic (exact) mass is 215 g/mol. The molecule has 0 rings (SSSR count). The number of aliphatic hydroxyl groups is 1. The number of likely N-dealkylation sites (N-methyl/N-ethyl adjacent to an activating group) is 1. The maximum atomic E-state index is 11.9. The highest BCUT2D eigenvalue weighted by atomic mass is 16.3. The zero-order valence-corrected chi connectivity index (χ0v) is 10.2. The van der Waals surface area contributed by atoms with Crippen molar-refractivity contribution in [3.8, 4) is 0 Å². The first-order valence-corrected chi connectivity index (χ1v) is 5.23. The lowest BCUT2D eigenvalue weighted by Gasteiger charge is -2.30. The molecule has 0 aromatic heterocycles. The van der Waals surface area contributed by atoms with Gasteiger partial charge >= 0.3 is 0 Å². The van der Waals surface area contributed by atoms with Crippen LogP contribution in [0.15, 0.2) is 0 Å². The van der Waals surface area contributed by atoms with Crippen LogP contribution in [-0.4, -0.2) is 41.4 Å². The van der Waals surface area contributed by atoms with Crippen molar-refractivity contribution in [1.29, 1.82) is 0 Å². The van der Waals surface area contributed by atoms with Crippen molar-refractivity contribution in [3.05, 3.63) is 0 Å². The topological polar surface area (TPSA) is 57.6 Å². The third-order valence-electron chi connectivity index (χ3n) is 2.44. The molecule has 4 nitrogen and oxygen atoms in total. The fourth-order valence-electron chi connectivity index (χ4n) is 1.57. The minimum absolute atomic E-state index is 0.0364. The maximum absolute atomic E-state index is 11.9. The van der Waals surface area contributed by atoms with Crippen molar-refractivity contribution in [3.63, 3.8) is 0 Å². The minimum atomic E-state index is -0.551. The number of Topliss-reactive ketones (excluding diaryl/α,β-unsaturated/α-hetero) is 1. The van der Waals surface area contributed by atoms with Crippen molar-refractivity contribution in [1.82, 2.24) is 4.90 Å². The van der Waals surface area contributed by atoms with Crippen LogP contribution in [-0.2, 0) is 9.59 Å². The predicted molar refractivity (Wildman–Crippen MR) is 58.3 cm³/mol. The number of carbonyl (C=O) groups excluding carboxylic acids is 2. The Bertz CT molecular complexity index is 236. The highest BCUT2D eigenvalue weighted by molar-refractivity contribution is 5.90. The largest absolute Gasteiger partial charge is 0.387 e. The smallest absolute Gasteiger partial charge is 0.248 e. The van der Waals surface area contributed by atoms with Gasteiger partial charge in [0.05, 0.1) is 6.04 Å². The van der Waals surface area contributed by atoms with E-state index in [1.54, 1.807) is 7.05 Å². The van der Waals surface area contributed by atoms with Crippen LogP contribution in [0.4, 0.5) is 0 Å². The van der Waals surface area contributed by atoms with E-state index < -0.39 is 18.6 Å². The molecule has 1 atom stereocenters. The van der Waals surface area contributed by atoms with E-state index in [2.05, 4.69) is 0 Å². The zero-order chi connectivity index (χ0) is 12.2. The van der Waals surface area contributed by atoms with Crippen LogP contribution in [0.1, 0.15) is 27.7 Å². The SMILES string of the molecule is CC(C)C(=O)C(C(C)C)N(C)C(=O)CO. The fraction of sp³-hybridized carbons (Fsp3) is 0.818. The molecule has 0 spiro atoms. The van der Waals surface area contributed by atoms with E-state index in [9.17, 15) is 9.59 Å². The highest BCUT2D eigenvalue weighted by Crippen LogP contribution is 2.14. The quantitative estimate of drug-likeness (QED) is 0.734. The lowest BCUT2D eigenvalue weighted by Crippen LogP contribution is -2.48. The number of rotatable bonds is 5. The number of amides is 1. The van der Waals surface area contributed by atoms with Gasteiger partial charge in [-0.25, -0.2) is 0 Å². The van der Waals surface area contributed by atoms with E-state index in [4.69, 9.17) is 5.11 Å². The van der Waals surface area contributed by atoms with Gasteiger partial charge in [-0.1, -0.05) is 27.7 Å². The first-order chi connectivity index (χ1) is 6.82. The Hall–Kier alpha value is -0.900. The van der Waals surface area contributed by atoms with Gasteiger partial charge in [0.15, 0.2) is 5.78 Å². The molecule has 4 heteroatoms. The third-order valence-corrected chi connectivity index (χ3v) is 2.44. The molecule has 0 aliphatic rings. The molecule has 0 aliphatic heterocycles. The van der Waals surface area contributed by atoms with Gasteiger partial charge in [-0.3, -0.25) is 9.59 Å². The minimum Gasteiger partial charge on any atom is -0.387 e. The molecule has 0 aliphatic carbocycles. The summed E-state index contributed by atoms with van der Waals surface area (Å²) in [6.45, 7) is 6.87. The van der Waals surface area contributed by atoms with Crippen LogP contribution >= 0.6 is 0 Å². The lowest BCUT2D eigenvalue weighted by atomic mass is 9.92. The molecule has 0 bridgehead atoms. The van der Waals surface area contributed by atoms with Crippen molar-refractivity contribution >= 4 is 11.7 Å². The Balaban J connectivity index is 4.82. The Morgan fingerprint density at radius 2 is 1.67 bits per heavy atom. The van der Waals surface area contributed by atoms with Gasteiger partial charge in [0.2, 0.25) is 5.91 Å². The summed E-state index contributed by atoms with van der Waals surface area (Å²) in [6, 6.07) is -0.440. The zero-order valence-electron chi connectivity index (χ0n) is 10.2. The number of hydrogen-bond donors (Lipinski definition) is 1. The van der Waals surface area contributed by atoms with Gasteiger partial charge < -0.3 is 10.0 Å². The second-order valence-corrected chi connectivity index (χ2v) is 4.41. The molecule has 15 heavy (non-hydrogen) atoms. The van der Waals surface area contributed by atoms with Gasteiger partial charge in [0.1, 0.15) is 6.61 Å². The number of nitrogens with zero attached hydrogens (tertiary/aromatic N) is 1. The van der Waals surface area contributed by atoms with E-state index in [0.717, 1.165) is 0 Å². The van der Waals surface area contributed by atoms with Gasteiger partial charge in [-0.15, -0.1) is 0 Å². The summed E-state index contributed by atoms with van der Waals surface area (Å²) >= 11 is 0. The lowest BCUT2D eigenvalue weighted by molar-refractivity contribution is -0.142. The van der Waals surface area contributed by atoms with Crippen molar-refractivity contribution in [2.75, 3.05) is 13.7 Å². The number of ketones is 1. The first kappa shape index (κ1) is 14.1. The predicted octanol–water partition coefficient (Wildman–Crippen LogP) is 0.687. The van der Waals surface area contributed by atoms with Crippen LogP contribution in [0.2, 0.25) is 0 Å². The average Bonchev–Trinajstić information content (AvgIpc) is 2.15. The molecule has 0 saturated heterocycles. The second-order valence-electron chi connectivity index (χ2n) is 4.41. The normalized spacial score (nSPS) is 13.1. The van der Waals surface area contributed by atoms with E-state index in [1.165, 1.54) is 4.90 Å². The maximum Gasteiger partial charge on any atom is 0.248 e. The van der Waals surface area contributed by atoms with Crippen molar-refractivity contribution in [2.24, 2.45) is 11.8 Å². The summed E-state index contributed by atoms with van der Waals surface area (Å²) in [5, 5.41) is 8.75. The van der Waals surface area contributed by atoms with Crippen molar-refractivity contribution < 1.29 is 14.7 Å². The van der Waals surface area contributed by atoms with Gasteiger partial charge in [0, 0.05) is 13.0 Å². The van der Waals surface area contributed by atoms with Crippen LogP contribution in [0, 0.1) is 11.8 Å². The number of aliphatic hydroxyl groups excluding tert-OH is 1. The summed E-state index contributed by atoms with van der Waals surface area (Å²) < 4.78 is 0. The number of hydrogen-bond acceptors (Lipinski definition) is 3. The van der Waals surface area contributed by atoms with Crippen LogP contribution in [0.25, 0.3) is 0 Å². The molecular formula is C11H21NO3.